The molecule has 2 aliphatic heterocycles. The van der Waals surface area contributed by atoms with E-state index in [2.05, 4.69) is 29.0 Å². The number of piperidine rings is 1. The number of phenols is 1. The molecule has 2 spiro atoms. The van der Waals surface area contributed by atoms with E-state index in [1.807, 2.05) is 6.07 Å². The number of benzene rings is 1. The van der Waals surface area contributed by atoms with Crippen LogP contribution in [-0.2, 0) is 11.8 Å². The van der Waals surface area contributed by atoms with Gasteiger partial charge in [0.1, 0.15) is 5.75 Å². The first kappa shape index (κ1) is 14.1. The van der Waals surface area contributed by atoms with Gasteiger partial charge in [0.25, 0.3) is 0 Å². The molecule has 1 aromatic carbocycles. The van der Waals surface area contributed by atoms with Crippen LogP contribution in [0.4, 0.5) is 0 Å². The summed E-state index contributed by atoms with van der Waals surface area (Å²) in [5.74, 6) is 2.21. The molecule has 4 atom stereocenters. The Bertz CT molecular complexity index is 714. The van der Waals surface area contributed by atoms with E-state index in [1.54, 1.807) is 0 Å². The highest BCUT2D eigenvalue weighted by Crippen LogP contribution is 2.68. The van der Waals surface area contributed by atoms with Gasteiger partial charge in [-0.2, -0.15) is 0 Å². The number of likely N-dealkylation sites (tertiary alicyclic amines) is 2. The van der Waals surface area contributed by atoms with Gasteiger partial charge in [-0.25, -0.2) is 0 Å². The minimum absolute atomic E-state index is 0.335. The van der Waals surface area contributed by atoms with Crippen molar-refractivity contribution in [3.05, 3.63) is 29.3 Å². The number of fused-ring (bicyclic) bond motifs is 2. The number of aromatic hydroxyl groups is 1. The fraction of sp³-hybridized carbons (Fsp3) is 0.714. The van der Waals surface area contributed by atoms with Crippen LogP contribution in [0.3, 0.4) is 0 Å². The average molecular weight is 324 g/mol. The molecule has 0 amide bonds. The predicted molar refractivity (Wildman–Crippen MR) is 94.2 cm³/mol. The van der Waals surface area contributed by atoms with Crippen LogP contribution in [-0.4, -0.2) is 54.2 Å². The summed E-state index contributed by atoms with van der Waals surface area (Å²) in [4.78, 5) is 5.41. The third-order valence-electron chi connectivity index (χ3n) is 8.14. The minimum atomic E-state index is 0.335. The smallest absolute Gasteiger partial charge is 0.115 e. The highest BCUT2D eigenvalue weighted by Gasteiger charge is 2.70. The molecule has 5 aliphatic rings. The maximum Gasteiger partial charge on any atom is 0.115 e. The Hall–Kier alpha value is -1.06. The van der Waals surface area contributed by atoms with E-state index in [1.165, 1.54) is 69.4 Å². The maximum absolute atomic E-state index is 10.2. The topological polar surface area (TPSA) is 26.7 Å². The third-order valence-corrected chi connectivity index (χ3v) is 8.14. The van der Waals surface area contributed by atoms with Crippen LogP contribution in [0.5, 0.6) is 5.75 Å². The van der Waals surface area contributed by atoms with Gasteiger partial charge in [0.2, 0.25) is 0 Å². The number of hydrogen-bond donors (Lipinski definition) is 1. The Morgan fingerprint density at radius 2 is 2.17 bits per heavy atom. The van der Waals surface area contributed by atoms with Crippen molar-refractivity contribution in [1.82, 2.24) is 9.80 Å². The fourth-order valence-electron chi connectivity index (χ4n) is 7.32. The van der Waals surface area contributed by atoms with Crippen molar-refractivity contribution in [2.24, 2.45) is 17.3 Å². The SMILES string of the molecule is CN1CC23Cc4ccc(O)cc4[C@]4(CCN(CC5CC5)C[C@H]4[C@H]12)C3. The van der Waals surface area contributed by atoms with Gasteiger partial charge < -0.3 is 14.9 Å². The van der Waals surface area contributed by atoms with Crippen molar-refractivity contribution < 1.29 is 5.11 Å². The molecule has 1 unspecified atom stereocenters. The van der Waals surface area contributed by atoms with Crippen LogP contribution in [0, 0.1) is 17.3 Å². The van der Waals surface area contributed by atoms with Gasteiger partial charge >= 0.3 is 0 Å². The van der Waals surface area contributed by atoms with Crippen molar-refractivity contribution in [2.45, 2.75) is 43.6 Å². The first-order valence-corrected chi connectivity index (χ1v) is 9.85. The normalized spacial score (nSPS) is 43.7. The van der Waals surface area contributed by atoms with Crippen molar-refractivity contribution in [3.8, 4) is 5.75 Å². The Labute approximate surface area is 144 Å². The van der Waals surface area contributed by atoms with Gasteiger partial charge in [-0.1, -0.05) is 6.07 Å². The van der Waals surface area contributed by atoms with Crippen LogP contribution in [0.15, 0.2) is 18.2 Å². The maximum atomic E-state index is 10.2. The molecule has 0 aromatic heterocycles. The molecule has 24 heavy (non-hydrogen) atoms. The van der Waals surface area contributed by atoms with E-state index in [4.69, 9.17) is 0 Å². The largest absolute Gasteiger partial charge is 0.508 e. The molecule has 2 heterocycles. The van der Waals surface area contributed by atoms with Gasteiger partial charge in [-0.15, -0.1) is 0 Å². The van der Waals surface area contributed by atoms with Crippen LogP contribution in [0.25, 0.3) is 0 Å². The highest BCUT2D eigenvalue weighted by atomic mass is 16.3. The first-order chi connectivity index (χ1) is 11.6. The lowest BCUT2D eigenvalue weighted by Gasteiger charge is -2.55. The highest BCUT2D eigenvalue weighted by molar-refractivity contribution is 5.49. The molecule has 0 radical (unpaired) electrons. The molecule has 3 heteroatoms. The summed E-state index contributed by atoms with van der Waals surface area (Å²) < 4.78 is 0. The van der Waals surface area contributed by atoms with E-state index in [0.717, 1.165) is 17.9 Å². The standard InChI is InChI=1S/C21H28N2O/c1-22-13-20-9-15-4-5-16(24)8-17(15)21(12-20)6-7-23(10-14-2-3-14)11-18(21)19(20)22/h4-5,8,14,18-19,24H,2-3,6-7,9-13H2,1H3/t18-,19-,20?,21-/m0/s1. The molecule has 3 aliphatic carbocycles. The van der Waals surface area contributed by atoms with Crippen molar-refractivity contribution in [3.63, 3.8) is 0 Å². The van der Waals surface area contributed by atoms with Crippen LogP contribution < -0.4 is 0 Å². The van der Waals surface area contributed by atoms with Crippen LogP contribution in [0.1, 0.15) is 36.8 Å². The summed E-state index contributed by atoms with van der Waals surface area (Å²) in [6.07, 6.45) is 6.81. The van der Waals surface area contributed by atoms with Gasteiger partial charge in [0.05, 0.1) is 0 Å². The zero-order chi connectivity index (χ0) is 16.1. The zero-order valence-corrected chi connectivity index (χ0v) is 14.7. The third kappa shape index (κ3) is 1.65. The summed E-state index contributed by atoms with van der Waals surface area (Å²) in [6.45, 7) is 5.15. The Morgan fingerprint density at radius 1 is 1.29 bits per heavy atom. The van der Waals surface area contributed by atoms with Crippen molar-refractivity contribution >= 4 is 0 Å². The quantitative estimate of drug-likeness (QED) is 0.906. The number of hydrogen-bond acceptors (Lipinski definition) is 3. The van der Waals surface area contributed by atoms with Crippen molar-refractivity contribution in [1.29, 1.82) is 0 Å². The molecule has 6 rings (SSSR count). The molecule has 1 aromatic rings. The van der Waals surface area contributed by atoms with E-state index in [9.17, 15) is 5.11 Å². The minimum Gasteiger partial charge on any atom is -0.508 e. The molecule has 128 valence electrons. The fourth-order valence-corrected chi connectivity index (χ4v) is 7.32. The van der Waals surface area contributed by atoms with E-state index < -0.39 is 0 Å². The number of rotatable bonds is 2. The second-order valence-corrected chi connectivity index (χ2v) is 9.63. The number of nitrogens with zero attached hydrogens (tertiary/aromatic N) is 2. The Morgan fingerprint density at radius 3 is 2.96 bits per heavy atom. The lowest BCUT2D eigenvalue weighted by Crippen LogP contribution is -2.64. The monoisotopic (exact) mass is 324 g/mol. The van der Waals surface area contributed by atoms with E-state index in [-0.39, 0.29) is 0 Å². The Balaban J connectivity index is 1.44. The molecule has 1 N–H and O–H groups in total. The van der Waals surface area contributed by atoms with Gasteiger partial charge in [0, 0.05) is 36.5 Å². The molecule has 2 saturated heterocycles. The molecule has 4 fully saturated rings. The first-order valence-electron chi connectivity index (χ1n) is 9.85. The van der Waals surface area contributed by atoms with Gasteiger partial charge in [-0.3, -0.25) is 0 Å². The summed E-state index contributed by atoms with van der Waals surface area (Å²) in [7, 11) is 2.34. The predicted octanol–water partition coefficient (Wildman–Crippen LogP) is 2.62. The second-order valence-electron chi connectivity index (χ2n) is 9.63. The molecular weight excluding hydrogens is 296 g/mol. The second kappa shape index (κ2) is 4.37. The summed E-state index contributed by atoms with van der Waals surface area (Å²) in [5, 5.41) is 10.2. The van der Waals surface area contributed by atoms with Crippen molar-refractivity contribution in [2.75, 3.05) is 33.2 Å². The summed E-state index contributed by atoms with van der Waals surface area (Å²) >= 11 is 0. The van der Waals surface area contributed by atoms with Crippen LogP contribution >= 0.6 is 0 Å². The summed E-state index contributed by atoms with van der Waals surface area (Å²) in [5.41, 5.74) is 3.91. The Kier molecular flexibility index (Phi) is 2.57. The molecule has 2 saturated carbocycles. The molecule has 2 bridgehead atoms. The zero-order valence-electron chi connectivity index (χ0n) is 14.7. The lowest BCUT2D eigenvalue weighted by atomic mass is 9.61. The summed E-state index contributed by atoms with van der Waals surface area (Å²) in [6, 6.07) is 7.01. The van der Waals surface area contributed by atoms with E-state index in [0.29, 0.717) is 16.6 Å². The van der Waals surface area contributed by atoms with Gasteiger partial charge in [-0.05, 0) is 80.8 Å². The molecule has 3 nitrogen and oxygen atoms in total. The van der Waals surface area contributed by atoms with E-state index >= 15 is 0 Å². The van der Waals surface area contributed by atoms with Crippen LogP contribution in [0.2, 0.25) is 0 Å². The lowest BCUT2D eigenvalue weighted by molar-refractivity contribution is -0.0564. The molecular formula is C21H28N2O. The average Bonchev–Trinajstić information content (AvgIpc) is 3.32. The number of phenolic OH excluding ortho intramolecular Hbond substituents is 1. The van der Waals surface area contributed by atoms with Gasteiger partial charge in [0.15, 0.2) is 0 Å².